The van der Waals surface area contributed by atoms with Crippen LogP contribution in [0.3, 0.4) is 0 Å². The third kappa shape index (κ3) is 7.49. The number of nitrogens with zero attached hydrogens (tertiary/aromatic N) is 2. The molecule has 1 atom stereocenters. The van der Waals surface area contributed by atoms with Crippen molar-refractivity contribution in [2.75, 3.05) is 46.9 Å². The van der Waals surface area contributed by atoms with Crippen molar-refractivity contribution >= 4 is 51.8 Å². The Hall–Kier alpha value is -0.870. The van der Waals surface area contributed by atoms with Crippen molar-refractivity contribution in [1.29, 1.82) is 0 Å². The molecule has 1 amide bonds. The molecule has 140 valence electrons. The Balaban J connectivity index is 0.00000312. The number of benzene rings is 1. The van der Waals surface area contributed by atoms with Gasteiger partial charge in [-0.15, -0.1) is 24.0 Å². The van der Waals surface area contributed by atoms with Gasteiger partial charge in [-0.05, 0) is 24.6 Å². The molecule has 1 aliphatic heterocycles. The summed E-state index contributed by atoms with van der Waals surface area (Å²) in [6.07, 6.45) is 1.10. The van der Waals surface area contributed by atoms with Gasteiger partial charge in [0.15, 0.2) is 5.96 Å². The summed E-state index contributed by atoms with van der Waals surface area (Å²) >= 11 is 3.37. The zero-order chi connectivity index (χ0) is 17.4. The fraction of sp³-hybridized carbons (Fsp3) is 0.529. The Bertz CT molecular complexity index is 580. The number of rotatable bonds is 6. The predicted octanol–water partition coefficient (Wildman–Crippen LogP) is 2.34. The van der Waals surface area contributed by atoms with E-state index >= 15 is 0 Å². The highest BCUT2D eigenvalue weighted by Gasteiger charge is 2.18. The summed E-state index contributed by atoms with van der Waals surface area (Å²) < 4.78 is 6.30. The van der Waals surface area contributed by atoms with E-state index in [-0.39, 0.29) is 29.9 Å². The van der Waals surface area contributed by atoms with E-state index in [1.54, 1.807) is 19.2 Å². The third-order valence-corrected chi connectivity index (χ3v) is 4.40. The molecular weight excluding hydrogens is 499 g/mol. The van der Waals surface area contributed by atoms with Gasteiger partial charge >= 0.3 is 0 Å². The molecule has 0 saturated carbocycles. The summed E-state index contributed by atoms with van der Waals surface area (Å²) in [5.74, 6) is 1.31. The molecule has 2 N–H and O–H groups in total. The minimum absolute atomic E-state index is 0. The highest BCUT2D eigenvalue weighted by Crippen LogP contribution is 2.13. The van der Waals surface area contributed by atoms with Crippen LogP contribution in [0.5, 0.6) is 0 Å². The Kier molecular flexibility index (Phi) is 10.4. The number of carbonyl (C=O) groups excluding carboxylic acids is 1. The smallest absolute Gasteiger partial charge is 0.251 e. The first kappa shape index (κ1) is 22.2. The van der Waals surface area contributed by atoms with E-state index in [0.29, 0.717) is 24.6 Å². The minimum Gasteiger partial charge on any atom is -0.381 e. The molecule has 2 rings (SSSR count). The Labute approximate surface area is 174 Å². The number of hydrogen-bond donors (Lipinski definition) is 2. The van der Waals surface area contributed by atoms with Crippen LogP contribution in [-0.4, -0.2) is 63.7 Å². The van der Waals surface area contributed by atoms with Crippen LogP contribution < -0.4 is 10.6 Å². The summed E-state index contributed by atoms with van der Waals surface area (Å²) in [6.45, 7) is 3.75. The van der Waals surface area contributed by atoms with E-state index < -0.39 is 0 Å². The Morgan fingerprint density at radius 1 is 1.40 bits per heavy atom. The number of guanidine groups is 1. The number of carbonyl (C=O) groups is 1. The van der Waals surface area contributed by atoms with Crippen molar-refractivity contribution in [3.8, 4) is 0 Å². The lowest BCUT2D eigenvalue weighted by Gasteiger charge is -2.24. The SMILES string of the molecule is CN=C(NCCNC(=O)c1cccc(Br)c1)N(C)CC1CCOC1.I. The maximum atomic E-state index is 12.1. The van der Waals surface area contributed by atoms with Gasteiger partial charge < -0.3 is 20.3 Å². The predicted molar refractivity (Wildman–Crippen MR) is 115 cm³/mol. The second-order valence-corrected chi connectivity index (χ2v) is 6.77. The van der Waals surface area contributed by atoms with Gasteiger partial charge in [0.2, 0.25) is 0 Å². The molecule has 1 aliphatic rings. The largest absolute Gasteiger partial charge is 0.381 e. The zero-order valence-electron chi connectivity index (χ0n) is 14.6. The molecule has 1 heterocycles. The maximum Gasteiger partial charge on any atom is 0.251 e. The van der Waals surface area contributed by atoms with Crippen LogP contribution in [0.25, 0.3) is 0 Å². The van der Waals surface area contributed by atoms with Gasteiger partial charge in [-0.1, -0.05) is 22.0 Å². The van der Waals surface area contributed by atoms with E-state index in [1.165, 1.54) is 0 Å². The first-order valence-electron chi connectivity index (χ1n) is 8.13. The number of ether oxygens (including phenoxy) is 1. The Morgan fingerprint density at radius 3 is 2.80 bits per heavy atom. The summed E-state index contributed by atoms with van der Waals surface area (Å²) in [7, 11) is 3.79. The topological polar surface area (TPSA) is 66.0 Å². The first-order chi connectivity index (χ1) is 11.6. The molecular formula is C17H26BrIN4O2. The summed E-state index contributed by atoms with van der Waals surface area (Å²) in [5.41, 5.74) is 0.645. The highest BCUT2D eigenvalue weighted by molar-refractivity contribution is 14.0. The van der Waals surface area contributed by atoms with Gasteiger partial charge in [-0.2, -0.15) is 0 Å². The van der Waals surface area contributed by atoms with E-state index in [0.717, 1.165) is 36.6 Å². The monoisotopic (exact) mass is 524 g/mol. The number of nitrogens with one attached hydrogen (secondary N) is 2. The number of aliphatic imine (C=N–C) groups is 1. The summed E-state index contributed by atoms with van der Waals surface area (Å²) in [5, 5.41) is 6.17. The lowest BCUT2D eigenvalue weighted by atomic mass is 10.1. The Morgan fingerprint density at radius 2 is 2.16 bits per heavy atom. The van der Waals surface area contributed by atoms with E-state index in [1.807, 2.05) is 19.2 Å². The molecule has 1 saturated heterocycles. The second-order valence-electron chi connectivity index (χ2n) is 5.85. The van der Waals surface area contributed by atoms with Gasteiger partial charge in [-0.3, -0.25) is 9.79 Å². The maximum absolute atomic E-state index is 12.1. The molecule has 1 fully saturated rings. The lowest BCUT2D eigenvalue weighted by molar-refractivity contribution is 0.0954. The van der Waals surface area contributed by atoms with Gasteiger partial charge in [0.05, 0.1) is 6.61 Å². The van der Waals surface area contributed by atoms with Crippen molar-refractivity contribution in [3.05, 3.63) is 34.3 Å². The molecule has 1 unspecified atom stereocenters. The van der Waals surface area contributed by atoms with Crippen LogP contribution in [-0.2, 0) is 4.74 Å². The first-order valence-corrected chi connectivity index (χ1v) is 8.92. The van der Waals surface area contributed by atoms with E-state index in [9.17, 15) is 4.79 Å². The molecule has 1 aromatic carbocycles. The van der Waals surface area contributed by atoms with E-state index in [4.69, 9.17) is 4.74 Å². The van der Waals surface area contributed by atoms with Crippen LogP contribution in [0, 0.1) is 5.92 Å². The molecule has 0 radical (unpaired) electrons. The van der Waals surface area contributed by atoms with Crippen LogP contribution in [0.2, 0.25) is 0 Å². The molecule has 25 heavy (non-hydrogen) atoms. The number of amides is 1. The van der Waals surface area contributed by atoms with Crippen molar-refractivity contribution in [3.63, 3.8) is 0 Å². The lowest BCUT2D eigenvalue weighted by Crippen LogP contribution is -2.44. The quantitative estimate of drug-likeness (QED) is 0.259. The molecule has 0 bridgehead atoms. The van der Waals surface area contributed by atoms with Crippen LogP contribution in [0.4, 0.5) is 0 Å². The average molecular weight is 525 g/mol. The normalized spacial score (nSPS) is 16.9. The molecule has 8 heteroatoms. The number of halogens is 2. The summed E-state index contributed by atoms with van der Waals surface area (Å²) in [6, 6.07) is 7.34. The van der Waals surface area contributed by atoms with Gasteiger partial charge in [0, 0.05) is 56.3 Å². The van der Waals surface area contributed by atoms with Gasteiger partial charge in [-0.25, -0.2) is 0 Å². The van der Waals surface area contributed by atoms with Crippen LogP contribution in [0.15, 0.2) is 33.7 Å². The van der Waals surface area contributed by atoms with Crippen LogP contribution in [0.1, 0.15) is 16.8 Å². The molecule has 0 aromatic heterocycles. The molecule has 0 spiro atoms. The van der Waals surface area contributed by atoms with Crippen molar-refractivity contribution < 1.29 is 9.53 Å². The minimum atomic E-state index is -0.0791. The highest BCUT2D eigenvalue weighted by atomic mass is 127. The standard InChI is InChI=1S/C17H25BrN4O2.HI/c1-19-17(22(2)11-13-6-9-24-12-13)21-8-7-20-16(23)14-4-3-5-15(18)10-14;/h3-5,10,13H,6-9,11-12H2,1-2H3,(H,19,21)(H,20,23);1H. The van der Waals surface area contributed by atoms with E-state index in [2.05, 4.69) is 36.5 Å². The van der Waals surface area contributed by atoms with Crippen molar-refractivity contribution in [2.45, 2.75) is 6.42 Å². The second kappa shape index (κ2) is 11.7. The summed E-state index contributed by atoms with van der Waals surface area (Å²) in [4.78, 5) is 18.5. The van der Waals surface area contributed by atoms with Crippen molar-refractivity contribution in [1.82, 2.24) is 15.5 Å². The van der Waals surface area contributed by atoms with Crippen LogP contribution >= 0.6 is 39.9 Å². The molecule has 1 aromatic rings. The molecule has 6 nitrogen and oxygen atoms in total. The fourth-order valence-corrected chi connectivity index (χ4v) is 3.07. The zero-order valence-corrected chi connectivity index (χ0v) is 18.5. The third-order valence-electron chi connectivity index (χ3n) is 3.91. The van der Waals surface area contributed by atoms with Gasteiger partial charge in [0.1, 0.15) is 0 Å². The number of hydrogen-bond acceptors (Lipinski definition) is 3. The average Bonchev–Trinajstić information content (AvgIpc) is 3.07. The fourth-order valence-electron chi connectivity index (χ4n) is 2.67. The van der Waals surface area contributed by atoms with Crippen molar-refractivity contribution in [2.24, 2.45) is 10.9 Å². The molecule has 0 aliphatic carbocycles. The van der Waals surface area contributed by atoms with Gasteiger partial charge in [0.25, 0.3) is 5.91 Å².